The summed E-state index contributed by atoms with van der Waals surface area (Å²) in [6.45, 7) is 2.29. The van der Waals surface area contributed by atoms with E-state index in [1.807, 2.05) is 10.3 Å². The van der Waals surface area contributed by atoms with Gasteiger partial charge in [-0.3, -0.25) is 4.99 Å². The van der Waals surface area contributed by atoms with E-state index in [1.165, 1.54) is 17.7 Å². The highest BCUT2D eigenvalue weighted by molar-refractivity contribution is 7.07. The van der Waals surface area contributed by atoms with E-state index in [1.54, 1.807) is 24.5 Å². The van der Waals surface area contributed by atoms with Gasteiger partial charge in [0.2, 0.25) is 0 Å². The van der Waals surface area contributed by atoms with E-state index in [0.717, 1.165) is 25.0 Å². The first-order valence-corrected chi connectivity index (χ1v) is 9.67. The molecule has 1 N–H and O–H groups in total. The van der Waals surface area contributed by atoms with Crippen LogP contribution < -0.4 is 5.32 Å². The Bertz CT molecular complexity index is 762. The van der Waals surface area contributed by atoms with Crippen LogP contribution in [-0.4, -0.2) is 44.1 Å². The maximum absolute atomic E-state index is 13.0. The number of rotatable bonds is 4. The number of nitrogens with one attached hydrogen (secondary N) is 1. The number of nitrogens with zero attached hydrogens (tertiary/aromatic N) is 2. The third kappa shape index (κ3) is 5.23. The summed E-state index contributed by atoms with van der Waals surface area (Å²) in [5, 5.41) is 7.49. The second-order valence-electron chi connectivity index (χ2n) is 6.28. The van der Waals surface area contributed by atoms with E-state index >= 15 is 0 Å². The Labute approximate surface area is 160 Å². The second kappa shape index (κ2) is 8.75. The highest BCUT2D eigenvalue weighted by Gasteiger charge is 2.32. The summed E-state index contributed by atoms with van der Waals surface area (Å²) in [6, 6.07) is 7.44. The van der Waals surface area contributed by atoms with Gasteiger partial charge in [0.25, 0.3) is 0 Å². The molecule has 1 aromatic heterocycles. The summed E-state index contributed by atoms with van der Waals surface area (Å²) >= 11 is 1.67. The topological polar surface area (TPSA) is 36.9 Å². The van der Waals surface area contributed by atoms with Gasteiger partial charge in [0.1, 0.15) is 6.10 Å². The number of guanidine groups is 1. The molecule has 1 fully saturated rings. The molecule has 2 aromatic rings. The van der Waals surface area contributed by atoms with Crippen molar-refractivity contribution < 1.29 is 17.9 Å². The molecular formula is C19H22F3N3OS. The van der Waals surface area contributed by atoms with E-state index in [-0.39, 0.29) is 0 Å². The van der Waals surface area contributed by atoms with E-state index in [9.17, 15) is 13.2 Å². The van der Waals surface area contributed by atoms with Crippen molar-refractivity contribution in [3.63, 3.8) is 0 Å². The van der Waals surface area contributed by atoms with Crippen LogP contribution in [0.5, 0.6) is 0 Å². The standard InChI is InChI=1S/C19H22F3N3OS/c1-23-18(24-7-5-14-6-10-27-13-14)25-8-9-26-17(12-25)15-3-2-4-16(11-15)19(20,21)22/h2-4,6,10-11,13,17H,5,7-9,12H2,1H3,(H,23,24). The molecule has 0 bridgehead atoms. The minimum absolute atomic E-state index is 0.420. The number of hydrogen-bond donors (Lipinski definition) is 1. The zero-order chi connectivity index (χ0) is 19.3. The Morgan fingerprint density at radius 1 is 1.37 bits per heavy atom. The van der Waals surface area contributed by atoms with Crippen LogP contribution >= 0.6 is 11.3 Å². The van der Waals surface area contributed by atoms with Crippen molar-refractivity contribution in [3.05, 3.63) is 57.8 Å². The molecule has 1 aliphatic heterocycles. The second-order valence-corrected chi connectivity index (χ2v) is 7.06. The molecule has 3 rings (SSSR count). The molecule has 2 heterocycles. The average Bonchev–Trinajstić information content (AvgIpc) is 3.18. The van der Waals surface area contributed by atoms with Crippen molar-refractivity contribution in [2.24, 2.45) is 4.99 Å². The fourth-order valence-electron chi connectivity index (χ4n) is 3.04. The Balaban J connectivity index is 1.62. The lowest BCUT2D eigenvalue weighted by molar-refractivity contribution is -0.137. The predicted molar refractivity (Wildman–Crippen MR) is 101 cm³/mol. The quantitative estimate of drug-likeness (QED) is 0.627. The number of morpholine rings is 1. The summed E-state index contributed by atoms with van der Waals surface area (Å²) in [7, 11) is 1.71. The van der Waals surface area contributed by atoms with Gasteiger partial charge in [-0.15, -0.1) is 0 Å². The smallest absolute Gasteiger partial charge is 0.370 e. The van der Waals surface area contributed by atoms with Crippen LogP contribution in [0.15, 0.2) is 46.1 Å². The SMILES string of the molecule is CN=C(NCCc1ccsc1)N1CCOC(c2cccc(C(F)(F)F)c2)C1. The van der Waals surface area contributed by atoms with Gasteiger partial charge in [-0.2, -0.15) is 24.5 Å². The summed E-state index contributed by atoms with van der Waals surface area (Å²) in [6.07, 6.45) is -3.88. The number of hydrogen-bond acceptors (Lipinski definition) is 3. The lowest BCUT2D eigenvalue weighted by Gasteiger charge is -2.35. The first-order chi connectivity index (χ1) is 13.0. The highest BCUT2D eigenvalue weighted by Crippen LogP contribution is 2.32. The monoisotopic (exact) mass is 397 g/mol. The lowest BCUT2D eigenvalue weighted by Crippen LogP contribution is -2.48. The fraction of sp³-hybridized carbons (Fsp3) is 0.421. The van der Waals surface area contributed by atoms with Gasteiger partial charge in [0.05, 0.1) is 18.7 Å². The van der Waals surface area contributed by atoms with E-state index in [2.05, 4.69) is 21.8 Å². The van der Waals surface area contributed by atoms with Gasteiger partial charge < -0.3 is 15.0 Å². The van der Waals surface area contributed by atoms with Gasteiger partial charge in [-0.1, -0.05) is 12.1 Å². The van der Waals surface area contributed by atoms with Crippen molar-refractivity contribution in [2.45, 2.75) is 18.7 Å². The molecule has 0 spiro atoms. The highest BCUT2D eigenvalue weighted by atomic mass is 32.1. The summed E-state index contributed by atoms with van der Waals surface area (Å²) in [5.41, 5.74) is 1.15. The Morgan fingerprint density at radius 2 is 2.22 bits per heavy atom. The summed E-state index contributed by atoms with van der Waals surface area (Å²) in [4.78, 5) is 6.34. The molecule has 146 valence electrons. The third-order valence-corrected chi connectivity index (χ3v) is 5.17. The van der Waals surface area contributed by atoms with Crippen molar-refractivity contribution in [2.75, 3.05) is 33.3 Å². The molecule has 1 aliphatic rings. The number of ether oxygens (including phenoxy) is 1. The maximum Gasteiger partial charge on any atom is 0.416 e. The van der Waals surface area contributed by atoms with Gasteiger partial charge in [-0.05, 0) is 46.5 Å². The van der Waals surface area contributed by atoms with Crippen LogP contribution in [0.4, 0.5) is 13.2 Å². The molecule has 1 atom stereocenters. The molecule has 1 saturated heterocycles. The van der Waals surface area contributed by atoms with Crippen LogP contribution in [-0.2, 0) is 17.3 Å². The first-order valence-electron chi connectivity index (χ1n) is 8.73. The number of thiophene rings is 1. The molecule has 1 unspecified atom stereocenters. The summed E-state index contributed by atoms with van der Waals surface area (Å²) < 4.78 is 44.6. The summed E-state index contributed by atoms with van der Waals surface area (Å²) in [5.74, 6) is 0.741. The lowest BCUT2D eigenvalue weighted by atomic mass is 10.0. The zero-order valence-corrected chi connectivity index (χ0v) is 15.8. The Hall–Kier alpha value is -2.06. The molecule has 8 heteroatoms. The van der Waals surface area contributed by atoms with Gasteiger partial charge >= 0.3 is 6.18 Å². The first kappa shape index (κ1) is 19.7. The van der Waals surface area contributed by atoms with Crippen molar-refractivity contribution in [1.82, 2.24) is 10.2 Å². The van der Waals surface area contributed by atoms with Crippen LogP contribution in [0.1, 0.15) is 22.8 Å². The normalized spacial score (nSPS) is 18.6. The Kier molecular flexibility index (Phi) is 6.38. The molecule has 27 heavy (non-hydrogen) atoms. The van der Waals surface area contributed by atoms with Gasteiger partial charge in [0, 0.05) is 20.1 Å². The van der Waals surface area contributed by atoms with E-state index in [0.29, 0.717) is 25.3 Å². The van der Waals surface area contributed by atoms with Crippen molar-refractivity contribution in [3.8, 4) is 0 Å². The molecule has 1 aromatic carbocycles. The van der Waals surface area contributed by atoms with Crippen LogP contribution in [0.2, 0.25) is 0 Å². The minimum Gasteiger partial charge on any atom is -0.370 e. The number of aliphatic imine (C=N–C) groups is 1. The molecule has 0 radical (unpaired) electrons. The van der Waals surface area contributed by atoms with Gasteiger partial charge in [0.15, 0.2) is 5.96 Å². The number of alkyl halides is 3. The maximum atomic E-state index is 13.0. The van der Waals surface area contributed by atoms with Crippen LogP contribution in [0.25, 0.3) is 0 Å². The van der Waals surface area contributed by atoms with Crippen LogP contribution in [0.3, 0.4) is 0 Å². The zero-order valence-electron chi connectivity index (χ0n) is 15.0. The molecule has 0 aliphatic carbocycles. The van der Waals surface area contributed by atoms with E-state index in [4.69, 9.17) is 4.74 Å². The average molecular weight is 397 g/mol. The Morgan fingerprint density at radius 3 is 2.93 bits per heavy atom. The van der Waals surface area contributed by atoms with Crippen LogP contribution in [0, 0.1) is 0 Å². The van der Waals surface area contributed by atoms with E-state index < -0.39 is 17.8 Å². The number of benzene rings is 1. The molecule has 0 saturated carbocycles. The minimum atomic E-state index is -4.36. The fourth-order valence-corrected chi connectivity index (χ4v) is 3.75. The molecule has 4 nitrogen and oxygen atoms in total. The molecular weight excluding hydrogens is 375 g/mol. The third-order valence-electron chi connectivity index (χ3n) is 4.44. The van der Waals surface area contributed by atoms with Crippen molar-refractivity contribution >= 4 is 17.3 Å². The van der Waals surface area contributed by atoms with Gasteiger partial charge in [-0.25, -0.2) is 0 Å². The predicted octanol–water partition coefficient (Wildman–Crippen LogP) is 3.96. The van der Waals surface area contributed by atoms with Crippen molar-refractivity contribution in [1.29, 1.82) is 0 Å². The number of halogens is 3. The largest absolute Gasteiger partial charge is 0.416 e. The molecule has 0 amide bonds.